The Kier molecular flexibility index (Phi) is 5.22. The normalized spacial score (nSPS) is 20.9. The number of ether oxygens (including phenoxy) is 1. The van der Waals surface area contributed by atoms with Crippen molar-refractivity contribution in [1.82, 2.24) is 9.97 Å². The molecular weight excluding hydrogens is 347 g/mol. The van der Waals surface area contributed by atoms with Gasteiger partial charge in [-0.2, -0.15) is 4.39 Å². The van der Waals surface area contributed by atoms with Gasteiger partial charge in [-0.05, 0) is 43.9 Å². The second-order valence-electron chi connectivity index (χ2n) is 7.21. The van der Waals surface area contributed by atoms with Crippen LogP contribution >= 0.6 is 0 Å². The molecule has 1 saturated heterocycles. The molecule has 2 aromatic rings. The SMILES string of the molecule is C[C@@H]1CCCN1c1cc(C(O)Nc2ccnc(F)c2)c2c(n1)CCOCC2. The number of aliphatic hydroxyl groups excluding tert-OH is 1. The summed E-state index contributed by atoms with van der Waals surface area (Å²) in [6.45, 7) is 4.43. The second-order valence-corrected chi connectivity index (χ2v) is 7.21. The topological polar surface area (TPSA) is 70.5 Å². The van der Waals surface area contributed by atoms with Crippen LogP contribution in [0.5, 0.6) is 0 Å². The maximum atomic E-state index is 13.4. The first-order valence-corrected chi connectivity index (χ1v) is 9.55. The Bertz CT molecular complexity index is 817. The number of halogens is 1. The Morgan fingerprint density at radius 1 is 1.33 bits per heavy atom. The molecule has 6 nitrogen and oxygen atoms in total. The minimum absolute atomic E-state index is 0.435. The standard InChI is InChI=1S/C20H25FN4O2/c1-13-3-2-8-25(13)19-12-16(15-5-9-27-10-6-17(15)24-19)20(26)23-14-4-7-22-18(21)11-14/h4,7,11-13,20,26H,2-3,5-6,8-10H2,1H3,(H,22,23)/t13-,20?/m1/s1. The minimum Gasteiger partial charge on any atom is -0.381 e. The Morgan fingerprint density at radius 2 is 2.19 bits per heavy atom. The number of nitrogens with one attached hydrogen (secondary N) is 1. The van der Waals surface area contributed by atoms with Crippen LogP contribution < -0.4 is 10.2 Å². The van der Waals surface area contributed by atoms with E-state index in [-0.39, 0.29) is 0 Å². The molecule has 0 aromatic carbocycles. The lowest BCUT2D eigenvalue weighted by molar-refractivity contribution is 0.145. The quantitative estimate of drug-likeness (QED) is 0.635. The molecule has 2 N–H and O–H groups in total. The number of aliphatic hydroxyl groups is 1. The summed E-state index contributed by atoms with van der Waals surface area (Å²) in [7, 11) is 0. The first-order valence-electron chi connectivity index (χ1n) is 9.55. The van der Waals surface area contributed by atoms with Crippen LogP contribution in [0.2, 0.25) is 0 Å². The van der Waals surface area contributed by atoms with E-state index >= 15 is 0 Å². The minimum atomic E-state index is -0.960. The fourth-order valence-electron chi connectivity index (χ4n) is 3.96. The number of anilines is 2. The zero-order valence-electron chi connectivity index (χ0n) is 15.5. The average Bonchev–Trinajstić information content (AvgIpc) is 2.93. The van der Waals surface area contributed by atoms with Gasteiger partial charge in [0.2, 0.25) is 5.95 Å². The fourth-order valence-corrected chi connectivity index (χ4v) is 3.96. The molecule has 2 aliphatic heterocycles. The Labute approximate surface area is 158 Å². The van der Waals surface area contributed by atoms with E-state index in [0.717, 1.165) is 48.4 Å². The molecule has 4 heterocycles. The van der Waals surface area contributed by atoms with E-state index in [1.807, 2.05) is 6.07 Å². The van der Waals surface area contributed by atoms with Crippen molar-refractivity contribution in [3.63, 3.8) is 0 Å². The summed E-state index contributed by atoms with van der Waals surface area (Å²) in [5.74, 6) is 0.318. The van der Waals surface area contributed by atoms with Crippen molar-refractivity contribution in [3.8, 4) is 0 Å². The first kappa shape index (κ1) is 18.1. The van der Waals surface area contributed by atoms with Crippen LogP contribution in [0.1, 0.15) is 42.8 Å². The molecule has 1 unspecified atom stereocenters. The highest BCUT2D eigenvalue weighted by molar-refractivity contribution is 5.52. The number of fused-ring (bicyclic) bond motifs is 1. The summed E-state index contributed by atoms with van der Waals surface area (Å²) >= 11 is 0. The van der Waals surface area contributed by atoms with Gasteiger partial charge in [0.25, 0.3) is 0 Å². The number of nitrogens with zero attached hydrogens (tertiary/aromatic N) is 3. The van der Waals surface area contributed by atoms with Crippen LogP contribution in [-0.4, -0.2) is 40.9 Å². The van der Waals surface area contributed by atoms with Gasteiger partial charge < -0.3 is 20.1 Å². The van der Waals surface area contributed by atoms with Crippen molar-refractivity contribution >= 4 is 11.5 Å². The molecule has 0 saturated carbocycles. The van der Waals surface area contributed by atoms with Gasteiger partial charge in [-0.25, -0.2) is 9.97 Å². The van der Waals surface area contributed by atoms with E-state index in [9.17, 15) is 9.50 Å². The molecule has 0 bridgehead atoms. The number of hydrogen-bond donors (Lipinski definition) is 2. The maximum absolute atomic E-state index is 13.4. The summed E-state index contributed by atoms with van der Waals surface area (Å²) in [6, 6.07) is 5.32. The summed E-state index contributed by atoms with van der Waals surface area (Å²) in [5, 5.41) is 13.9. The van der Waals surface area contributed by atoms with Gasteiger partial charge in [-0.15, -0.1) is 0 Å². The summed E-state index contributed by atoms with van der Waals surface area (Å²) in [4.78, 5) is 10.8. The van der Waals surface area contributed by atoms with Crippen LogP contribution in [0.15, 0.2) is 24.4 Å². The van der Waals surface area contributed by atoms with Crippen LogP contribution in [0, 0.1) is 5.95 Å². The van der Waals surface area contributed by atoms with Crippen molar-refractivity contribution in [2.45, 2.75) is 44.9 Å². The summed E-state index contributed by atoms with van der Waals surface area (Å²) in [6.07, 6.45) is 4.15. The lowest BCUT2D eigenvalue weighted by atomic mass is 10.00. The molecule has 2 atom stereocenters. The predicted octanol–water partition coefficient (Wildman–Crippen LogP) is 2.82. The Morgan fingerprint density at radius 3 is 2.96 bits per heavy atom. The highest BCUT2D eigenvalue weighted by Gasteiger charge is 2.26. The number of rotatable bonds is 4. The highest BCUT2D eigenvalue weighted by Crippen LogP contribution is 2.31. The predicted molar refractivity (Wildman–Crippen MR) is 101 cm³/mol. The third-order valence-electron chi connectivity index (χ3n) is 5.38. The van der Waals surface area contributed by atoms with Gasteiger partial charge >= 0.3 is 0 Å². The molecule has 4 rings (SSSR count). The monoisotopic (exact) mass is 372 g/mol. The third kappa shape index (κ3) is 3.89. The molecule has 0 aliphatic carbocycles. The van der Waals surface area contributed by atoms with Crippen molar-refractivity contribution in [1.29, 1.82) is 0 Å². The van der Waals surface area contributed by atoms with E-state index in [2.05, 4.69) is 22.1 Å². The van der Waals surface area contributed by atoms with E-state index in [1.165, 1.54) is 12.3 Å². The van der Waals surface area contributed by atoms with Gasteiger partial charge in [-0.3, -0.25) is 0 Å². The van der Waals surface area contributed by atoms with Crippen LogP contribution in [0.3, 0.4) is 0 Å². The smallest absolute Gasteiger partial charge is 0.214 e. The van der Waals surface area contributed by atoms with Gasteiger partial charge in [0.05, 0.1) is 13.2 Å². The molecule has 0 amide bonds. The van der Waals surface area contributed by atoms with Crippen molar-refractivity contribution in [2.75, 3.05) is 30.0 Å². The number of aromatic nitrogens is 2. The molecule has 144 valence electrons. The number of hydrogen-bond acceptors (Lipinski definition) is 6. The Balaban J connectivity index is 1.70. The van der Waals surface area contributed by atoms with Crippen molar-refractivity contribution < 1.29 is 14.2 Å². The van der Waals surface area contributed by atoms with Crippen molar-refractivity contribution in [3.05, 3.63) is 47.2 Å². The molecule has 2 aliphatic rings. The van der Waals surface area contributed by atoms with E-state index in [1.54, 1.807) is 6.07 Å². The van der Waals surface area contributed by atoms with Gasteiger partial charge in [-0.1, -0.05) is 0 Å². The zero-order chi connectivity index (χ0) is 18.8. The molecule has 0 radical (unpaired) electrons. The zero-order valence-corrected chi connectivity index (χ0v) is 15.5. The fraction of sp³-hybridized carbons (Fsp3) is 0.500. The molecular formula is C20H25FN4O2. The average molecular weight is 372 g/mol. The lowest BCUT2D eigenvalue weighted by Crippen LogP contribution is -2.28. The molecule has 2 aromatic heterocycles. The van der Waals surface area contributed by atoms with Crippen LogP contribution in [0.25, 0.3) is 0 Å². The summed E-state index contributed by atoms with van der Waals surface area (Å²) in [5.41, 5.74) is 3.29. The van der Waals surface area contributed by atoms with E-state index in [0.29, 0.717) is 31.4 Å². The third-order valence-corrected chi connectivity index (χ3v) is 5.38. The van der Waals surface area contributed by atoms with E-state index in [4.69, 9.17) is 9.72 Å². The van der Waals surface area contributed by atoms with Crippen LogP contribution in [0.4, 0.5) is 15.9 Å². The second kappa shape index (κ2) is 7.78. The van der Waals surface area contributed by atoms with Crippen molar-refractivity contribution in [2.24, 2.45) is 0 Å². The molecule has 1 fully saturated rings. The van der Waals surface area contributed by atoms with E-state index < -0.39 is 12.2 Å². The lowest BCUT2D eigenvalue weighted by Gasteiger charge is -2.26. The maximum Gasteiger partial charge on any atom is 0.214 e. The van der Waals surface area contributed by atoms with Gasteiger partial charge in [0.1, 0.15) is 5.82 Å². The largest absolute Gasteiger partial charge is 0.381 e. The number of pyridine rings is 2. The molecule has 27 heavy (non-hydrogen) atoms. The van der Waals surface area contributed by atoms with Crippen LogP contribution in [-0.2, 0) is 17.6 Å². The molecule has 7 heteroatoms. The van der Waals surface area contributed by atoms with Gasteiger partial charge in [0.15, 0.2) is 6.23 Å². The highest BCUT2D eigenvalue weighted by atomic mass is 19.1. The Hall–Kier alpha value is -2.25. The first-order chi connectivity index (χ1) is 13.1. The van der Waals surface area contributed by atoms with Gasteiger partial charge in [0, 0.05) is 48.2 Å². The summed E-state index contributed by atoms with van der Waals surface area (Å²) < 4.78 is 19.0. The molecule has 0 spiro atoms.